The molecule has 0 saturated heterocycles. The fourth-order valence-electron chi connectivity index (χ4n) is 1.20. The van der Waals surface area contributed by atoms with Gasteiger partial charge in [0.1, 0.15) is 11.8 Å². The summed E-state index contributed by atoms with van der Waals surface area (Å²) in [5.74, 6) is 0. The number of rotatable bonds is 3. The van der Waals surface area contributed by atoms with Crippen LogP contribution in [0.4, 0.5) is 0 Å². The van der Waals surface area contributed by atoms with Crippen LogP contribution in [0, 0.1) is 29.6 Å². The maximum absolute atomic E-state index is 8.91. The lowest BCUT2D eigenvalue weighted by atomic mass is 10.0. The van der Waals surface area contributed by atoms with Crippen LogP contribution in [0.15, 0.2) is 42.0 Å². The summed E-state index contributed by atoms with van der Waals surface area (Å²) >= 11 is 0. The molecule has 17 heavy (non-hydrogen) atoms. The lowest BCUT2D eigenvalue weighted by Gasteiger charge is -2.02. The molecule has 0 radical (unpaired) electrons. The van der Waals surface area contributed by atoms with Gasteiger partial charge in [0.25, 0.3) is 0 Å². The van der Waals surface area contributed by atoms with E-state index in [-0.39, 0.29) is 5.70 Å². The van der Waals surface area contributed by atoms with Crippen LogP contribution in [0.5, 0.6) is 0 Å². The summed E-state index contributed by atoms with van der Waals surface area (Å²) in [6, 6.07) is 9.39. The van der Waals surface area contributed by atoms with Crippen LogP contribution in [0.25, 0.3) is 5.57 Å². The molecule has 0 aliphatic rings. The summed E-state index contributed by atoms with van der Waals surface area (Å²) in [6.07, 6.45) is 1.47. The zero-order valence-electron chi connectivity index (χ0n) is 9.57. The van der Waals surface area contributed by atoms with Crippen LogP contribution < -0.4 is 0 Å². The fourth-order valence-corrected chi connectivity index (χ4v) is 1.20. The van der Waals surface area contributed by atoms with E-state index >= 15 is 0 Å². The summed E-state index contributed by atoms with van der Waals surface area (Å²) in [5, 5.41) is 17.4. The van der Waals surface area contributed by atoms with Gasteiger partial charge in [0, 0.05) is 6.21 Å². The first kappa shape index (κ1) is 12.4. The smallest absolute Gasteiger partial charge is 0.133 e. The average Bonchev–Trinajstić information content (AvgIpc) is 2.35. The Bertz CT molecular complexity index is 580. The number of aliphatic imine (C=N–C) groups is 1. The van der Waals surface area contributed by atoms with Gasteiger partial charge in [-0.25, -0.2) is 4.99 Å². The molecule has 0 fully saturated rings. The van der Waals surface area contributed by atoms with Gasteiger partial charge in [-0.2, -0.15) is 10.5 Å². The Hall–Kier alpha value is -2.65. The molecule has 1 aromatic carbocycles. The van der Waals surface area contributed by atoms with Gasteiger partial charge in [-0.15, -0.1) is 0 Å². The van der Waals surface area contributed by atoms with Gasteiger partial charge < -0.3 is 0 Å². The van der Waals surface area contributed by atoms with E-state index in [0.29, 0.717) is 11.1 Å². The SMILES string of the molecule is C=C(C#N)/N=C/C(=C)c1ccc(C)c(C#N)c1. The van der Waals surface area contributed by atoms with E-state index in [2.05, 4.69) is 24.2 Å². The van der Waals surface area contributed by atoms with Gasteiger partial charge in [0.15, 0.2) is 0 Å². The fraction of sp³-hybridized carbons (Fsp3) is 0.0714. The minimum Gasteiger partial charge on any atom is -0.246 e. The molecule has 0 unspecified atom stereocenters. The summed E-state index contributed by atoms with van der Waals surface area (Å²) in [7, 11) is 0. The van der Waals surface area contributed by atoms with Crippen LogP contribution in [0.3, 0.4) is 0 Å². The van der Waals surface area contributed by atoms with E-state index < -0.39 is 0 Å². The molecule has 0 amide bonds. The number of hydrogen-bond donors (Lipinski definition) is 0. The minimum atomic E-state index is 0.124. The molecule has 3 heteroatoms. The van der Waals surface area contributed by atoms with Crippen LogP contribution in [-0.2, 0) is 0 Å². The second-order valence-electron chi connectivity index (χ2n) is 3.48. The van der Waals surface area contributed by atoms with Crippen molar-refractivity contribution in [1.82, 2.24) is 0 Å². The predicted molar refractivity (Wildman–Crippen MR) is 68.2 cm³/mol. The number of hydrogen-bond acceptors (Lipinski definition) is 3. The van der Waals surface area contributed by atoms with Gasteiger partial charge in [-0.1, -0.05) is 25.3 Å². The largest absolute Gasteiger partial charge is 0.246 e. The molecule has 0 aliphatic heterocycles. The maximum atomic E-state index is 8.91. The Morgan fingerprint density at radius 3 is 2.65 bits per heavy atom. The standard InChI is InChI=1S/C14H11N3/c1-10-4-5-13(6-14(10)8-16)11(2)9-17-12(3)7-15/h4-6,9H,2-3H2,1H3/b17-9+. The molecule has 82 valence electrons. The van der Waals surface area contributed by atoms with Crippen molar-refractivity contribution >= 4 is 11.8 Å². The van der Waals surface area contributed by atoms with Crippen molar-refractivity contribution in [3.8, 4) is 12.1 Å². The van der Waals surface area contributed by atoms with Crippen LogP contribution >= 0.6 is 0 Å². The third-order valence-electron chi connectivity index (χ3n) is 2.23. The molecule has 0 atom stereocenters. The Morgan fingerprint density at radius 1 is 1.35 bits per heavy atom. The summed E-state index contributed by atoms with van der Waals surface area (Å²) in [6.45, 7) is 9.13. The molecule has 1 aromatic rings. The average molecular weight is 221 g/mol. The molecule has 0 spiro atoms. The molecular formula is C14H11N3. The highest BCUT2D eigenvalue weighted by atomic mass is 14.7. The van der Waals surface area contributed by atoms with E-state index in [1.807, 2.05) is 25.1 Å². The lowest BCUT2D eigenvalue weighted by molar-refractivity contribution is 1.38. The highest BCUT2D eigenvalue weighted by Crippen LogP contribution is 2.15. The van der Waals surface area contributed by atoms with Crippen molar-refractivity contribution in [2.24, 2.45) is 4.99 Å². The van der Waals surface area contributed by atoms with Crippen molar-refractivity contribution in [3.05, 3.63) is 53.7 Å². The highest BCUT2D eigenvalue weighted by Gasteiger charge is 2.01. The summed E-state index contributed by atoms with van der Waals surface area (Å²) in [5.41, 5.74) is 3.09. The second kappa shape index (κ2) is 5.44. The first-order chi connectivity index (χ1) is 8.08. The number of nitrogens with zero attached hydrogens (tertiary/aromatic N) is 3. The van der Waals surface area contributed by atoms with Crippen molar-refractivity contribution in [2.45, 2.75) is 6.92 Å². The maximum Gasteiger partial charge on any atom is 0.133 e. The van der Waals surface area contributed by atoms with Gasteiger partial charge in [-0.05, 0) is 29.7 Å². The van der Waals surface area contributed by atoms with Gasteiger partial charge in [-0.3, -0.25) is 0 Å². The Kier molecular flexibility index (Phi) is 3.97. The molecule has 0 saturated carbocycles. The Labute approximate surface area is 101 Å². The third kappa shape index (κ3) is 3.15. The first-order valence-corrected chi connectivity index (χ1v) is 4.91. The highest BCUT2D eigenvalue weighted by molar-refractivity contribution is 6.09. The molecule has 0 heterocycles. The summed E-state index contributed by atoms with van der Waals surface area (Å²) in [4.78, 5) is 3.83. The Morgan fingerprint density at radius 2 is 2.06 bits per heavy atom. The molecule has 0 N–H and O–H groups in total. The van der Waals surface area contributed by atoms with Gasteiger partial charge in [0.05, 0.1) is 11.6 Å². The number of allylic oxidation sites excluding steroid dienone is 2. The van der Waals surface area contributed by atoms with Crippen LogP contribution in [-0.4, -0.2) is 6.21 Å². The zero-order chi connectivity index (χ0) is 12.8. The Balaban J connectivity index is 3.00. The minimum absolute atomic E-state index is 0.124. The molecule has 0 aromatic heterocycles. The quantitative estimate of drug-likeness (QED) is 0.582. The van der Waals surface area contributed by atoms with Crippen molar-refractivity contribution in [1.29, 1.82) is 10.5 Å². The second-order valence-corrected chi connectivity index (χ2v) is 3.48. The van der Waals surface area contributed by atoms with E-state index in [1.165, 1.54) is 6.21 Å². The predicted octanol–water partition coefficient (Wildman–Crippen LogP) is 2.99. The molecule has 1 rings (SSSR count). The zero-order valence-corrected chi connectivity index (χ0v) is 9.57. The van der Waals surface area contributed by atoms with E-state index in [0.717, 1.165) is 11.1 Å². The van der Waals surface area contributed by atoms with E-state index in [4.69, 9.17) is 10.5 Å². The first-order valence-electron chi connectivity index (χ1n) is 4.91. The monoisotopic (exact) mass is 221 g/mol. The van der Waals surface area contributed by atoms with E-state index in [9.17, 15) is 0 Å². The number of nitriles is 2. The third-order valence-corrected chi connectivity index (χ3v) is 2.23. The number of benzene rings is 1. The van der Waals surface area contributed by atoms with Crippen LogP contribution in [0.1, 0.15) is 16.7 Å². The molecule has 3 nitrogen and oxygen atoms in total. The van der Waals surface area contributed by atoms with Crippen molar-refractivity contribution in [2.75, 3.05) is 0 Å². The van der Waals surface area contributed by atoms with Crippen molar-refractivity contribution in [3.63, 3.8) is 0 Å². The van der Waals surface area contributed by atoms with Crippen LogP contribution in [0.2, 0.25) is 0 Å². The molecule has 0 bridgehead atoms. The van der Waals surface area contributed by atoms with Gasteiger partial charge >= 0.3 is 0 Å². The van der Waals surface area contributed by atoms with Gasteiger partial charge in [0.2, 0.25) is 0 Å². The normalized spacial score (nSPS) is 9.59. The molecular weight excluding hydrogens is 210 g/mol. The number of aryl methyl sites for hydroxylation is 1. The summed E-state index contributed by atoms with van der Waals surface area (Å²) < 4.78 is 0. The van der Waals surface area contributed by atoms with Crippen molar-refractivity contribution < 1.29 is 0 Å². The lowest BCUT2D eigenvalue weighted by Crippen LogP contribution is -1.89. The van der Waals surface area contributed by atoms with E-state index in [1.54, 1.807) is 6.07 Å². The topological polar surface area (TPSA) is 59.9 Å². The molecule has 0 aliphatic carbocycles.